The van der Waals surface area contributed by atoms with E-state index in [-0.39, 0.29) is 0 Å². The molecule has 0 radical (unpaired) electrons. The summed E-state index contributed by atoms with van der Waals surface area (Å²) in [6, 6.07) is 0. The topological polar surface area (TPSA) is 0 Å². The summed E-state index contributed by atoms with van der Waals surface area (Å²) in [5.41, 5.74) is 3.19. The zero-order chi connectivity index (χ0) is 14.7. The highest BCUT2D eigenvalue weighted by Crippen LogP contribution is 2.66. The Morgan fingerprint density at radius 3 is 2.71 bits per heavy atom. The Morgan fingerprint density at radius 2 is 1.90 bits per heavy atom. The van der Waals surface area contributed by atoms with E-state index in [9.17, 15) is 0 Å². The predicted octanol–water partition coefficient (Wildman–Crippen LogP) is 6.37. The zero-order valence-electron chi connectivity index (χ0n) is 14.5. The van der Waals surface area contributed by atoms with Gasteiger partial charge in [0.05, 0.1) is 0 Å². The summed E-state index contributed by atoms with van der Waals surface area (Å²) in [6.45, 7) is 7.72. The van der Waals surface area contributed by atoms with Gasteiger partial charge >= 0.3 is 0 Å². The van der Waals surface area contributed by atoms with Gasteiger partial charge in [-0.05, 0) is 79.4 Å². The minimum atomic E-state index is 0.577. The maximum atomic E-state index is 2.71. The van der Waals surface area contributed by atoms with Gasteiger partial charge in [-0.3, -0.25) is 0 Å². The number of fused-ring (bicyclic) bond motifs is 5. The van der Waals surface area contributed by atoms with E-state index in [4.69, 9.17) is 0 Å². The van der Waals surface area contributed by atoms with E-state index in [1.54, 1.807) is 0 Å². The second-order valence-electron chi connectivity index (χ2n) is 9.20. The molecule has 21 heavy (non-hydrogen) atoms. The smallest absolute Gasteiger partial charge is 0.00823 e. The van der Waals surface area contributed by atoms with Gasteiger partial charge in [-0.25, -0.2) is 0 Å². The van der Waals surface area contributed by atoms with Gasteiger partial charge in [-0.15, -0.1) is 0 Å². The maximum Gasteiger partial charge on any atom is -0.00823 e. The Balaban J connectivity index is 1.66. The molecule has 0 aromatic heterocycles. The van der Waals surface area contributed by atoms with Crippen molar-refractivity contribution in [1.82, 2.24) is 0 Å². The van der Waals surface area contributed by atoms with Gasteiger partial charge in [0.25, 0.3) is 0 Å². The molecule has 0 nitrogen and oxygen atoms in total. The molecule has 6 atom stereocenters. The van der Waals surface area contributed by atoms with E-state index < -0.39 is 0 Å². The summed E-state index contributed by atoms with van der Waals surface area (Å²) in [7, 11) is 0. The molecule has 0 saturated heterocycles. The van der Waals surface area contributed by atoms with Crippen LogP contribution in [0.3, 0.4) is 0 Å². The van der Waals surface area contributed by atoms with Crippen molar-refractivity contribution >= 4 is 0 Å². The van der Waals surface area contributed by atoms with Gasteiger partial charge in [0.15, 0.2) is 0 Å². The molecule has 0 heterocycles. The number of hydrogen-bond acceptors (Lipinski definition) is 0. The fourth-order valence-electron chi connectivity index (χ4n) is 7.33. The van der Waals surface area contributed by atoms with Crippen LogP contribution in [0.4, 0.5) is 0 Å². The van der Waals surface area contributed by atoms with E-state index in [1.807, 2.05) is 5.57 Å². The van der Waals surface area contributed by atoms with Crippen LogP contribution in [-0.2, 0) is 0 Å². The number of hydrogen-bond donors (Lipinski definition) is 0. The summed E-state index contributed by atoms with van der Waals surface area (Å²) in [5, 5.41) is 0. The zero-order valence-corrected chi connectivity index (χ0v) is 14.5. The van der Waals surface area contributed by atoms with Crippen molar-refractivity contribution in [2.75, 3.05) is 0 Å². The monoisotopic (exact) mass is 286 g/mol. The third kappa shape index (κ3) is 1.86. The molecule has 4 aliphatic rings. The van der Waals surface area contributed by atoms with Crippen LogP contribution in [-0.4, -0.2) is 0 Å². The van der Waals surface area contributed by atoms with Gasteiger partial charge < -0.3 is 0 Å². The summed E-state index contributed by atoms with van der Waals surface area (Å²) in [5.74, 6) is 3.98. The molecule has 3 fully saturated rings. The lowest BCUT2D eigenvalue weighted by Gasteiger charge is -2.59. The molecule has 0 amide bonds. The van der Waals surface area contributed by atoms with Gasteiger partial charge in [0.2, 0.25) is 0 Å². The molecule has 4 rings (SSSR count). The third-order valence-electron chi connectivity index (χ3n) is 8.66. The first-order valence-electron chi connectivity index (χ1n) is 9.80. The van der Waals surface area contributed by atoms with E-state index in [2.05, 4.69) is 26.8 Å². The Morgan fingerprint density at radius 1 is 1.05 bits per heavy atom. The SMILES string of the molecule is CC[C@@H]1CC=C2[C@@H]3CCC4CCCC[C@]4(C)[C@H]3CC[C@@]21C. The highest BCUT2D eigenvalue weighted by atomic mass is 14.6. The molecule has 0 spiro atoms. The first-order valence-corrected chi connectivity index (χ1v) is 9.80. The molecule has 0 aromatic carbocycles. The molecule has 0 aromatic rings. The van der Waals surface area contributed by atoms with Crippen LogP contribution in [0.5, 0.6) is 0 Å². The van der Waals surface area contributed by atoms with E-state index in [0.717, 1.165) is 23.7 Å². The molecule has 0 bridgehead atoms. The van der Waals surface area contributed by atoms with Crippen LogP contribution in [0, 0.1) is 34.5 Å². The minimum Gasteiger partial charge on any atom is -0.0842 e. The third-order valence-corrected chi connectivity index (χ3v) is 8.66. The number of allylic oxidation sites excluding steroid dienone is 2. The summed E-state index contributed by atoms with van der Waals surface area (Å²) < 4.78 is 0. The lowest BCUT2D eigenvalue weighted by Crippen LogP contribution is -2.50. The van der Waals surface area contributed by atoms with E-state index >= 15 is 0 Å². The standard InChI is InChI=1S/C21H34/c1-4-15-9-11-18-17-10-8-16-7-5-6-13-20(16,2)19(17)12-14-21(15,18)3/h11,15-17,19H,4-10,12-14H2,1-3H3/t15-,16?,17+,19+,20+,21-/m1/s1. The molecule has 4 aliphatic carbocycles. The Kier molecular flexibility index (Phi) is 3.32. The van der Waals surface area contributed by atoms with Crippen molar-refractivity contribution in [1.29, 1.82) is 0 Å². The fraction of sp³-hybridized carbons (Fsp3) is 0.905. The molecule has 3 saturated carbocycles. The first kappa shape index (κ1) is 14.3. The summed E-state index contributed by atoms with van der Waals surface area (Å²) in [6.07, 6.45) is 17.6. The van der Waals surface area contributed by atoms with Crippen molar-refractivity contribution in [3.05, 3.63) is 11.6 Å². The van der Waals surface area contributed by atoms with Crippen LogP contribution < -0.4 is 0 Å². The van der Waals surface area contributed by atoms with Gasteiger partial charge in [0, 0.05) is 0 Å². The van der Waals surface area contributed by atoms with Crippen LogP contribution >= 0.6 is 0 Å². The Labute approximate surface area is 131 Å². The van der Waals surface area contributed by atoms with Crippen molar-refractivity contribution in [2.24, 2.45) is 34.5 Å². The Hall–Kier alpha value is -0.260. The van der Waals surface area contributed by atoms with Crippen molar-refractivity contribution < 1.29 is 0 Å². The largest absolute Gasteiger partial charge is 0.0842 e. The highest BCUT2D eigenvalue weighted by Gasteiger charge is 2.56. The second-order valence-corrected chi connectivity index (χ2v) is 9.20. The van der Waals surface area contributed by atoms with Crippen LogP contribution in [0.15, 0.2) is 11.6 Å². The average molecular weight is 287 g/mol. The molecule has 0 heteroatoms. The molecule has 0 N–H and O–H groups in total. The van der Waals surface area contributed by atoms with Gasteiger partial charge in [-0.2, -0.15) is 0 Å². The average Bonchev–Trinajstić information content (AvgIpc) is 2.83. The second kappa shape index (κ2) is 4.87. The Bertz CT molecular complexity index is 447. The quantitative estimate of drug-likeness (QED) is 0.492. The van der Waals surface area contributed by atoms with Gasteiger partial charge in [-0.1, -0.05) is 51.7 Å². The van der Waals surface area contributed by atoms with Crippen LogP contribution in [0.2, 0.25) is 0 Å². The van der Waals surface area contributed by atoms with Gasteiger partial charge in [0.1, 0.15) is 0 Å². The van der Waals surface area contributed by atoms with Crippen LogP contribution in [0.1, 0.15) is 85.0 Å². The normalized spacial score (nSPS) is 52.6. The minimum absolute atomic E-state index is 0.577. The van der Waals surface area contributed by atoms with E-state index in [1.165, 1.54) is 64.2 Å². The van der Waals surface area contributed by atoms with E-state index in [0.29, 0.717) is 10.8 Å². The summed E-state index contributed by atoms with van der Waals surface area (Å²) in [4.78, 5) is 0. The molecule has 0 aliphatic heterocycles. The maximum absolute atomic E-state index is 2.71. The lowest BCUT2D eigenvalue weighted by atomic mass is 9.46. The molecule has 118 valence electrons. The predicted molar refractivity (Wildman–Crippen MR) is 90.1 cm³/mol. The van der Waals surface area contributed by atoms with Crippen molar-refractivity contribution in [3.8, 4) is 0 Å². The highest BCUT2D eigenvalue weighted by molar-refractivity contribution is 5.29. The number of rotatable bonds is 1. The molecular weight excluding hydrogens is 252 g/mol. The van der Waals surface area contributed by atoms with Crippen molar-refractivity contribution in [3.63, 3.8) is 0 Å². The first-order chi connectivity index (χ1) is 10.1. The van der Waals surface area contributed by atoms with Crippen molar-refractivity contribution in [2.45, 2.75) is 85.0 Å². The summed E-state index contributed by atoms with van der Waals surface area (Å²) >= 11 is 0. The molecular formula is C21H34. The fourth-order valence-corrected chi connectivity index (χ4v) is 7.33. The van der Waals surface area contributed by atoms with Crippen LogP contribution in [0.25, 0.3) is 0 Å². The molecule has 1 unspecified atom stereocenters. The lowest BCUT2D eigenvalue weighted by molar-refractivity contribution is -0.0557.